The maximum atomic E-state index is 13.6. The highest BCUT2D eigenvalue weighted by molar-refractivity contribution is 7.87. The van der Waals surface area contributed by atoms with Crippen LogP contribution in [0.15, 0.2) is 60.0 Å². The van der Waals surface area contributed by atoms with Crippen molar-refractivity contribution in [1.82, 2.24) is 15.6 Å². The first-order valence-electron chi connectivity index (χ1n) is 12.5. The van der Waals surface area contributed by atoms with Gasteiger partial charge in [0.05, 0.1) is 31.0 Å². The number of amides is 2. The van der Waals surface area contributed by atoms with E-state index in [4.69, 9.17) is 4.55 Å². The molecule has 0 radical (unpaired) electrons. The molecule has 0 aliphatic carbocycles. The highest BCUT2D eigenvalue weighted by Crippen LogP contribution is 2.24. The Kier molecular flexibility index (Phi) is 11.2. The number of methoxy groups -OCH3 is 1. The molecule has 214 valence electrons. The number of esters is 1. The molecule has 40 heavy (non-hydrogen) atoms. The molecule has 4 N–H and O–H groups in total. The molecule has 3 aromatic rings. The molecule has 3 rings (SSSR count). The fourth-order valence-corrected chi connectivity index (χ4v) is 5.24. The van der Waals surface area contributed by atoms with E-state index in [2.05, 4.69) is 20.4 Å². The molecule has 2 atom stereocenters. The summed E-state index contributed by atoms with van der Waals surface area (Å²) in [5.41, 5.74) is 2.69. The van der Waals surface area contributed by atoms with Crippen LogP contribution in [0.2, 0.25) is 0 Å². The lowest BCUT2D eigenvalue weighted by Crippen LogP contribution is -2.49. The second kappa shape index (κ2) is 14.5. The standard InChI is InChI=1S/C27H32N4O7S2/c1-3-20-17-39-27(28-20)23(16-19-9-11-21(12-10-19)31-40(35,36)37)30-26(34)22(15-18-7-5-4-6-8-18)29-24(32)13-14-25(33)38-2/h4-12,17,22-23,31H,3,13-16H2,1-2H3,(H,29,32)(H,30,34)(H,35,36,37)/t22-,23-/m0/s1. The first-order chi connectivity index (χ1) is 19.1. The third-order valence-corrected chi connectivity index (χ3v) is 7.41. The van der Waals surface area contributed by atoms with Crippen molar-refractivity contribution >= 4 is 45.1 Å². The molecule has 11 nitrogen and oxygen atoms in total. The van der Waals surface area contributed by atoms with Crippen LogP contribution < -0.4 is 15.4 Å². The summed E-state index contributed by atoms with van der Waals surface area (Å²) in [4.78, 5) is 42.3. The van der Waals surface area contributed by atoms with Gasteiger partial charge in [-0.1, -0.05) is 49.4 Å². The van der Waals surface area contributed by atoms with Crippen molar-refractivity contribution < 1.29 is 32.1 Å². The summed E-state index contributed by atoms with van der Waals surface area (Å²) in [5, 5.41) is 8.37. The first-order valence-corrected chi connectivity index (χ1v) is 14.9. The van der Waals surface area contributed by atoms with E-state index < -0.39 is 40.2 Å². The summed E-state index contributed by atoms with van der Waals surface area (Å²) in [5.74, 6) is -1.40. The summed E-state index contributed by atoms with van der Waals surface area (Å²) in [6, 6.07) is 14.2. The quantitative estimate of drug-likeness (QED) is 0.165. The van der Waals surface area contributed by atoms with Gasteiger partial charge in [0, 0.05) is 18.2 Å². The zero-order chi connectivity index (χ0) is 29.1. The highest BCUT2D eigenvalue weighted by atomic mass is 32.2. The average molecular weight is 589 g/mol. The van der Waals surface area contributed by atoms with E-state index in [0.717, 1.165) is 23.2 Å². The van der Waals surface area contributed by atoms with Crippen molar-refractivity contribution in [2.45, 2.75) is 51.1 Å². The number of ether oxygens (including phenoxy) is 1. The van der Waals surface area contributed by atoms with Crippen molar-refractivity contribution in [3.63, 3.8) is 0 Å². The van der Waals surface area contributed by atoms with E-state index in [-0.39, 0.29) is 24.9 Å². The number of aryl methyl sites for hydroxylation is 1. The number of carbonyl (C=O) groups is 3. The fraction of sp³-hybridized carbons (Fsp3) is 0.333. The summed E-state index contributed by atoms with van der Waals surface area (Å²) in [6.45, 7) is 1.98. The van der Waals surface area contributed by atoms with Crippen LogP contribution in [-0.2, 0) is 48.7 Å². The summed E-state index contributed by atoms with van der Waals surface area (Å²) < 4.78 is 37.8. The van der Waals surface area contributed by atoms with E-state index in [0.29, 0.717) is 11.4 Å². The Morgan fingerprint density at radius 3 is 2.25 bits per heavy atom. The van der Waals surface area contributed by atoms with Crippen molar-refractivity contribution in [1.29, 1.82) is 0 Å². The van der Waals surface area contributed by atoms with Gasteiger partial charge in [-0.15, -0.1) is 11.3 Å². The van der Waals surface area contributed by atoms with Crippen LogP contribution in [-0.4, -0.2) is 48.9 Å². The Morgan fingerprint density at radius 1 is 0.975 bits per heavy atom. The Morgan fingerprint density at radius 2 is 1.65 bits per heavy atom. The molecule has 0 spiro atoms. The molecule has 0 aliphatic rings. The van der Waals surface area contributed by atoms with Crippen LogP contribution >= 0.6 is 11.3 Å². The molecule has 0 unspecified atom stereocenters. The smallest absolute Gasteiger partial charge is 0.357 e. The third kappa shape index (κ3) is 10.1. The van der Waals surface area contributed by atoms with Gasteiger partial charge in [-0.2, -0.15) is 8.42 Å². The molecular weight excluding hydrogens is 556 g/mol. The van der Waals surface area contributed by atoms with Crippen LogP contribution in [0.1, 0.15) is 47.6 Å². The van der Waals surface area contributed by atoms with Gasteiger partial charge in [-0.3, -0.25) is 23.7 Å². The van der Waals surface area contributed by atoms with Crippen LogP contribution in [0.4, 0.5) is 5.69 Å². The SMILES string of the molecule is CCc1csc([C@H](Cc2ccc(NS(=O)(=O)O)cc2)NC(=O)[C@H](Cc2ccccc2)NC(=O)CCC(=O)OC)n1. The van der Waals surface area contributed by atoms with Crippen molar-refractivity contribution in [2.24, 2.45) is 0 Å². The Balaban J connectivity index is 1.81. The maximum Gasteiger partial charge on any atom is 0.357 e. The molecule has 0 bridgehead atoms. The topological polar surface area (TPSA) is 164 Å². The van der Waals surface area contributed by atoms with E-state index in [9.17, 15) is 22.8 Å². The van der Waals surface area contributed by atoms with Gasteiger partial charge in [0.1, 0.15) is 11.0 Å². The summed E-state index contributed by atoms with van der Waals surface area (Å²) >= 11 is 1.41. The van der Waals surface area contributed by atoms with Gasteiger partial charge in [0.15, 0.2) is 0 Å². The molecule has 0 fully saturated rings. The second-order valence-electron chi connectivity index (χ2n) is 8.96. The van der Waals surface area contributed by atoms with Gasteiger partial charge in [-0.05, 0) is 36.1 Å². The number of aromatic nitrogens is 1. The number of hydrogen-bond donors (Lipinski definition) is 4. The first kappa shape index (κ1) is 30.7. The van der Waals surface area contributed by atoms with Crippen LogP contribution in [0, 0.1) is 0 Å². The Labute approximate surface area is 237 Å². The lowest BCUT2D eigenvalue weighted by Gasteiger charge is -2.23. The fourth-order valence-electron chi connectivity index (χ4n) is 3.85. The molecule has 2 aromatic carbocycles. The molecule has 0 aliphatic heterocycles. The summed E-state index contributed by atoms with van der Waals surface area (Å²) in [6.07, 6.45) is 1.07. The zero-order valence-corrected chi connectivity index (χ0v) is 23.8. The molecule has 1 heterocycles. The van der Waals surface area contributed by atoms with Gasteiger partial charge in [0.2, 0.25) is 11.8 Å². The predicted molar refractivity (Wildman–Crippen MR) is 151 cm³/mol. The minimum atomic E-state index is -4.40. The van der Waals surface area contributed by atoms with Crippen molar-refractivity contribution in [3.05, 3.63) is 81.8 Å². The normalized spacial score (nSPS) is 12.7. The number of nitrogens with zero attached hydrogens (tertiary/aromatic N) is 1. The number of carbonyl (C=O) groups excluding carboxylic acids is 3. The Hall–Kier alpha value is -3.81. The molecule has 13 heteroatoms. The number of nitrogens with one attached hydrogen (secondary N) is 3. The number of hydrogen-bond acceptors (Lipinski definition) is 8. The molecule has 2 amide bonds. The van der Waals surface area contributed by atoms with E-state index >= 15 is 0 Å². The van der Waals surface area contributed by atoms with Gasteiger partial charge >= 0.3 is 16.3 Å². The number of benzene rings is 2. The number of anilines is 1. The lowest BCUT2D eigenvalue weighted by atomic mass is 10.0. The number of thiazole rings is 1. The zero-order valence-electron chi connectivity index (χ0n) is 22.1. The maximum absolute atomic E-state index is 13.6. The minimum Gasteiger partial charge on any atom is -0.469 e. The minimum absolute atomic E-state index is 0.105. The van der Waals surface area contributed by atoms with Crippen molar-refractivity contribution in [3.8, 4) is 0 Å². The van der Waals surface area contributed by atoms with E-state index in [1.807, 2.05) is 47.4 Å². The summed E-state index contributed by atoms with van der Waals surface area (Å²) in [7, 11) is -3.16. The molecule has 0 saturated heterocycles. The van der Waals surface area contributed by atoms with Gasteiger partial charge in [0.25, 0.3) is 0 Å². The molecule has 1 aromatic heterocycles. The van der Waals surface area contributed by atoms with E-state index in [1.54, 1.807) is 12.1 Å². The highest BCUT2D eigenvalue weighted by Gasteiger charge is 2.26. The Bertz CT molecular complexity index is 1390. The molecular formula is C27H32N4O7S2. The third-order valence-electron chi connectivity index (χ3n) is 5.91. The van der Waals surface area contributed by atoms with Crippen LogP contribution in [0.3, 0.4) is 0 Å². The van der Waals surface area contributed by atoms with Crippen LogP contribution in [0.5, 0.6) is 0 Å². The molecule has 0 saturated carbocycles. The predicted octanol–water partition coefficient (Wildman–Crippen LogP) is 3.00. The van der Waals surface area contributed by atoms with Crippen LogP contribution in [0.25, 0.3) is 0 Å². The largest absolute Gasteiger partial charge is 0.469 e. The average Bonchev–Trinajstić information content (AvgIpc) is 3.41. The lowest BCUT2D eigenvalue weighted by molar-refractivity contribution is -0.142. The monoisotopic (exact) mass is 588 g/mol. The van der Waals surface area contributed by atoms with E-state index in [1.165, 1.54) is 30.6 Å². The second-order valence-corrected chi connectivity index (χ2v) is 11.0. The van der Waals surface area contributed by atoms with Crippen molar-refractivity contribution in [2.75, 3.05) is 11.8 Å². The van der Waals surface area contributed by atoms with Gasteiger partial charge in [-0.25, -0.2) is 4.98 Å². The number of rotatable bonds is 14. The van der Waals surface area contributed by atoms with Gasteiger partial charge < -0.3 is 15.4 Å².